The third kappa shape index (κ3) is 1.93. The minimum Gasteiger partial charge on any atom is -0.423 e. The number of hydrogen-bond donors (Lipinski definition) is 2. The van der Waals surface area contributed by atoms with Crippen LogP contribution in [0.25, 0.3) is 5.69 Å². The Balaban J connectivity index is 2.36. The second kappa shape index (κ2) is 3.88. The van der Waals surface area contributed by atoms with Crippen molar-refractivity contribution in [2.75, 3.05) is 0 Å². The fourth-order valence-corrected chi connectivity index (χ4v) is 1.43. The van der Waals surface area contributed by atoms with Crippen LogP contribution in [0.5, 0.6) is 0 Å². The van der Waals surface area contributed by atoms with Gasteiger partial charge in [-0.05, 0) is 30.6 Å². The van der Waals surface area contributed by atoms with E-state index < -0.39 is 7.12 Å². The molecule has 5 heteroatoms. The van der Waals surface area contributed by atoms with Gasteiger partial charge in [0.1, 0.15) is 0 Å². The van der Waals surface area contributed by atoms with Crippen molar-refractivity contribution in [2.45, 2.75) is 6.92 Å². The summed E-state index contributed by atoms with van der Waals surface area (Å²) in [6.45, 7) is 1.96. The van der Waals surface area contributed by atoms with Crippen molar-refractivity contribution in [1.29, 1.82) is 0 Å². The SMILES string of the molecule is Cc1ccnn1-c1ccc(B(O)O)cc1. The molecule has 4 nitrogen and oxygen atoms in total. The van der Waals surface area contributed by atoms with E-state index in [0.29, 0.717) is 5.46 Å². The van der Waals surface area contributed by atoms with Crippen molar-refractivity contribution in [2.24, 2.45) is 0 Å². The molecule has 1 aromatic heterocycles. The second-order valence-corrected chi connectivity index (χ2v) is 3.35. The molecule has 15 heavy (non-hydrogen) atoms. The molecule has 76 valence electrons. The Morgan fingerprint density at radius 1 is 1.13 bits per heavy atom. The fraction of sp³-hybridized carbons (Fsp3) is 0.100. The Morgan fingerprint density at radius 2 is 1.80 bits per heavy atom. The van der Waals surface area contributed by atoms with Crippen molar-refractivity contribution in [3.8, 4) is 5.69 Å². The van der Waals surface area contributed by atoms with E-state index in [9.17, 15) is 0 Å². The smallest absolute Gasteiger partial charge is 0.423 e. The summed E-state index contributed by atoms with van der Waals surface area (Å²) in [5.41, 5.74) is 2.41. The van der Waals surface area contributed by atoms with Crippen molar-refractivity contribution in [3.63, 3.8) is 0 Å². The van der Waals surface area contributed by atoms with Gasteiger partial charge in [-0.1, -0.05) is 12.1 Å². The Morgan fingerprint density at radius 3 is 2.27 bits per heavy atom. The van der Waals surface area contributed by atoms with Crippen LogP contribution in [0.15, 0.2) is 36.5 Å². The van der Waals surface area contributed by atoms with Gasteiger partial charge in [0.05, 0.1) is 5.69 Å². The summed E-state index contributed by atoms with van der Waals surface area (Å²) in [6, 6.07) is 8.85. The zero-order valence-electron chi connectivity index (χ0n) is 8.33. The zero-order valence-corrected chi connectivity index (χ0v) is 8.33. The van der Waals surface area contributed by atoms with Gasteiger partial charge >= 0.3 is 7.12 Å². The largest absolute Gasteiger partial charge is 0.488 e. The molecule has 0 bridgehead atoms. The average Bonchev–Trinajstić information content (AvgIpc) is 2.65. The van der Waals surface area contributed by atoms with Crippen LogP contribution in [-0.4, -0.2) is 26.9 Å². The lowest BCUT2D eigenvalue weighted by atomic mass is 9.80. The molecule has 0 spiro atoms. The van der Waals surface area contributed by atoms with Gasteiger partial charge < -0.3 is 10.0 Å². The van der Waals surface area contributed by atoms with Gasteiger partial charge in [-0.25, -0.2) is 4.68 Å². The molecule has 0 saturated heterocycles. The summed E-state index contributed by atoms with van der Waals surface area (Å²) in [7, 11) is -1.42. The van der Waals surface area contributed by atoms with Crippen LogP contribution in [0.2, 0.25) is 0 Å². The highest BCUT2D eigenvalue weighted by atomic mass is 16.4. The first-order valence-corrected chi connectivity index (χ1v) is 4.65. The third-order valence-electron chi connectivity index (χ3n) is 2.27. The van der Waals surface area contributed by atoms with E-state index >= 15 is 0 Å². The zero-order chi connectivity index (χ0) is 10.8. The lowest BCUT2D eigenvalue weighted by Gasteiger charge is -2.05. The van der Waals surface area contributed by atoms with E-state index in [-0.39, 0.29) is 0 Å². The predicted octanol–water partition coefficient (Wildman–Crippen LogP) is -0.139. The predicted molar refractivity (Wildman–Crippen MR) is 58.1 cm³/mol. The number of rotatable bonds is 2. The fourth-order valence-electron chi connectivity index (χ4n) is 1.43. The Hall–Kier alpha value is -1.59. The molecule has 0 aliphatic rings. The van der Waals surface area contributed by atoms with Gasteiger partial charge in [0.25, 0.3) is 0 Å². The van der Waals surface area contributed by atoms with Crippen LogP contribution in [0.4, 0.5) is 0 Å². The van der Waals surface area contributed by atoms with E-state index in [1.165, 1.54) is 0 Å². The van der Waals surface area contributed by atoms with E-state index in [4.69, 9.17) is 10.0 Å². The van der Waals surface area contributed by atoms with Crippen LogP contribution in [0.1, 0.15) is 5.69 Å². The first kappa shape index (κ1) is 9.95. The highest BCUT2D eigenvalue weighted by Crippen LogP contribution is 2.07. The van der Waals surface area contributed by atoms with Crippen LogP contribution < -0.4 is 5.46 Å². The normalized spacial score (nSPS) is 10.3. The van der Waals surface area contributed by atoms with Gasteiger partial charge in [0.2, 0.25) is 0 Å². The topological polar surface area (TPSA) is 58.3 Å². The van der Waals surface area contributed by atoms with Crippen molar-refractivity contribution < 1.29 is 10.0 Å². The first-order valence-electron chi connectivity index (χ1n) is 4.65. The number of hydrogen-bond acceptors (Lipinski definition) is 3. The van der Waals surface area contributed by atoms with Crippen LogP contribution in [0.3, 0.4) is 0 Å². The summed E-state index contributed by atoms with van der Waals surface area (Å²) in [5, 5.41) is 22.0. The summed E-state index contributed by atoms with van der Waals surface area (Å²) in [5.74, 6) is 0. The highest BCUT2D eigenvalue weighted by Gasteiger charge is 2.10. The molecular weight excluding hydrogens is 191 g/mol. The highest BCUT2D eigenvalue weighted by molar-refractivity contribution is 6.58. The lowest BCUT2D eigenvalue weighted by molar-refractivity contribution is 0.426. The summed E-state index contributed by atoms with van der Waals surface area (Å²) >= 11 is 0. The third-order valence-corrected chi connectivity index (χ3v) is 2.27. The molecular formula is C10H11BN2O2. The molecule has 0 aliphatic carbocycles. The molecule has 0 unspecified atom stereocenters. The molecule has 2 rings (SSSR count). The molecule has 2 aromatic rings. The molecule has 1 heterocycles. The van der Waals surface area contributed by atoms with Crippen molar-refractivity contribution >= 4 is 12.6 Å². The number of aromatic nitrogens is 2. The monoisotopic (exact) mass is 202 g/mol. The molecule has 0 radical (unpaired) electrons. The lowest BCUT2D eigenvalue weighted by Crippen LogP contribution is -2.29. The molecule has 0 amide bonds. The van der Waals surface area contributed by atoms with Gasteiger partial charge in [-0.3, -0.25) is 0 Å². The standard InChI is InChI=1S/C10H11BN2O2/c1-8-6-7-12-13(8)10-4-2-9(3-5-10)11(14)15/h2-7,14-15H,1H3. The van der Waals surface area contributed by atoms with Gasteiger partial charge in [-0.2, -0.15) is 5.10 Å². The second-order valence-electron chi connectivity index (χ2n) is 3.35. The Kier molecular flexibility index (Phi) is 2.57. The molecule has 0 saturated carbocycles. The van der Waals surface area contributed by atoms with E-state index in [0.717, 1.165) is 11.4 Å². The van der Waals surface area contributed by atoms with E-state index in [1.54, 1.807) is 35.1 Å². The number of aryl methyl sites for hydroxylation is 1. The quantitative estimate of drug-likeness (QED) is 0.666. The summed E-state index contributed by atoms with van der Waals surface area (Å²) < 4.78 is 1.79. The Bertz CT molecular complexity index is 451. The average molecular weight is 202 g/mol. The van der Waals surface area contributed by atoms with Gasteiger partial charge in [0.15, 0.2) is 0 Å². The molecule has 0 fully saturated rings. The van der Waals surface area contributed by atoms with Crippen LogP contribution in [0, 0.1) is 6.92 Å². The van der Waals surface area contributed by atoms with Crippen LogP contribution in [-0.2, 0) is 0 Å². The van der Waals surface area contributed by atoms with Gasteiger partial charge in [0, 0.05) is 11.9 Å². The number of benzene rings is 1. The molecule has 0 atom stereocenters. The summed E-state index contributed by atoms with van der Waals surface area (Å²) in [6.07, 6.45) is 1.73. The molecule has 2 N–H and O–H groups in total. The van der Waals surface area contributed by atoms with E-state index in [2.05, 4.69) is 5.10 Å². The summed E-state index contributed by atoms with van der Waals surface area (Å²) in [4.78, 5) is 0. The van der Waals surface area contributed by atoms with Crippen LogP contribution >= 0.6 is 0 Å². The van der Waals surface area contributed by atoms with Crippen molar-refractivity contribution in [1.82, 2.24) is 9.78 Å². The molecule has 1 aromatic carbocycles. The maximum atomic E-state index is 8.93. The maximum Gasteiger partial charge on any atom is 0.488 e. The minimum atomic E-state index is -1.42. The minimum absolute atomic E-state index is 0.476. The van der Waals surface area contributed by atoms with Gasteiger partial charge in [-0.15, -0.1) is 0 Å². The maximum absolute atomic E-state index is 8.93. The van der Waals surface area contributed by atoms with Crippen molar-refractivity contribution in [3.05, 3.63) is 42.2 Å². The number of nitrogens with zero attached hydrogens (tertiary/aromatic N) is 2. The van der Waals surface area contributed by atoms with E-state index in [1.807, 2.05) is 13.0 Å². The molecule has 0 aliphatic heterocycles. The first-order chi connectivity index (χ1) is 7.18. The Labute approximate surface area is 87.9 Å².